The molecule has 1 aromatic carbocycles. The minimum atomic E-state index is -0.286. The molecule has 0 amide bonds. The van der Waals surface area contributed by atoms with E-state index in [2.05, 4.69) is 5.23 Å². The monoisotopic (exact) mass is 207 g/mol. The maximum atomic E-state index is 9.35. The minimum absolute atomic E-state index is 0.0637. The summed E-state index contributed by atoms with van der Waals surface area (Å²) in [7, 11) is 0.688. The number of rotatable bonds is 6. The second-order valence-electron chi connectivity index (χ2n) is 3.62. The van der Waals surface area contributed by atoms with Gasteiger partial charge >= 0.3 is 0 Å². The Hall–Kier alpha value is -0.835. The largest absolute Gasteiger partial charge is 0.392 e. The van der Waals surface area contributed by atoms with Gasteiger partial charge in [0, 0.05) is 6.54 Å². The quantitative estimate of drug-likeness (QED) is 0.552. The van der Waals surface area contributed by atoms with Gasteiger partial charge < -0.3 is 15.4 Å². The van der Waals surface area contributed by atoms with Gasteiger partial charge in [-0.05, 0) is 12.0 Å². The first kappa shape index (κ1) is 12.2. The van der Waals surface area contributed by atoms with Crippen LogP contribution in [0.25, 0.3) is 0 Å². The molecule has 3 N–H and O–H groups in total. The summed E-state index contributed by atoms with van der Waals surface area (Å²) >= 11 is 0. The van der Waals surface area contributed by atoms with Gasteiger partial charge in [-0.2, -0.15) is 0 Å². The summed E-state index contributed by atoms with van der Waals surface area (Å²) in [6.45, 7) is 2.61. The minimum Gasteiger partial charge on any atom is -0.392 e. The predicted octanol–water partition coefficient (Wildman–Crippen LogP) is -0.484. The molecule has 0 fully saturated rings. The van der Waals surface area contributed by atoms with E-state index in [0.717, 1.165) is 17.4 Å². The van der Waals surface area contributed by atoms with E-state index in [1.807, 2.05) is 31.2 Å². The van der Waals surface area contributed by atoms with Crippen LogP contribution in [0, 0.1) is 0 Å². The Morgan fingerprint density at radius 1 is 1.40 bits per heavy atom. The molecule has 4 heteroatoms. The van der Waals surface area contributed by atoms with Crippen LogP contribution in [0.1, 0.15) is 18.9 Å². The molecule has 0 heterocycles. The first-order chi connectivity index (χ1) is 7.27. The van der Waals surface area contributed by atoms with Crippen molar-refractivity contribution >= 4 is 12.9 Å². The van der Waals surface area contributed by atoms with Crippen molar-refractivity contribution in [3.05, 3.63) is 29.8 Å². The molecule has 15 heavy (non-hydrogen) atoms. The molecular formula is C11H18BNO2. The van der Waals surface area contributed by atoms with E-state index in [1.54, 1.807) is 0 Å². The van der Waals surface area contributed by atoms with Crippen molar-refractivity contribution in [2.75, 3.05) is 6.54 Å². The van der Waals surface area contributed by atoms with E-state index < -0.39 is 0 Å². The molecule has 0 aliphatic rings. The van der Waals surface area contributed by atoms with E-state index in [4.69, 9.17) is 5.11 Å². The molecule has 0 radical (unpaired) electrons. The standard InChI is InChI=1S/C11H18BNO2/c1-2-10(15)7-13-12-11-6-4-3-5-9(11)8-14/h3-6,10,12-15H,2,7-8H2,1H3. The lowest BCUT2D eigenvalue weighted by molar-refractivity contribution is 0.174. The smallest absolute Gasteiger partial charge is 0.236 e. The third-order valence-corrected chi connectivity index (χ3v) is 2.46. The Balaban J connectivity index is 2.43. The third-order valence-electron chi connectivity index (χ3n) is 2.46. The van der Waals surface area contributed by atoms with Gasteiger partial charge in [-0.1, -0.05) is 36.7 Å². The summed E-state index contributed by atoms with van der Waals surface area (Å²) in [5.41, 5.74) is 2.03. The van der Waals surface area contributed by atoms with Crippen LogP contribution < -0.4 is 10.7 Å². The fourth-order valence-electron chi connectivity index (χ4n) is 1.40. The van der Waals surface area contributed by atoms with Crippen molar-refractivity contribution < 1.29 is 10.2 Å². The Morgan fingerprint density at radius 2 is 2.13 bits per heavy atom. The molecule has 3 nitrogen and oxygen atoms in total. The molecular weight excluding hydrogens is 189 g/mol. The average Bonchev–Trinajstić information content (AvgIpc) is 2.29. The topological polar surface area (TPSA) is 52.5 Å². The molecule has 1 rings (SSSR count). The summed E-state index contributed by atoms with van der Waals surface area (Å²) in [5.74, 6) is 0. The highest BCUT2D eigenvalue weighted by molar-refractivity contribution is 6.51. The molecule has 0 saturated carbocycles. The van der Waals surface area contributed by atoms with E-state index in [1.165, 1.54) is 0 Å². The van der Waals surface area contributed by atoms with Gasteiger partial charge in [-0.3, -0.25) is 0 Å². The fraction of sp³-hybridized carbons (Fsp3) is 0.455. The Morgan fingerprint density at radius 3 is 2.80 bits per heavy atom. The van der Waals surface area contributed by atoms with Gasteiger partial charge in [0.15, 0.2) is 0 Å². The molecule has 1 unspecified atom stereocenters. The van der Waals surface area contributed by atoms with Gasteiger partial charge in [0.2, 0.25) is 7.41 Å². The van der Waals surface area contributed by atoms with E-state index >= 15 is 0 Å². The zero-order chi connectivity index (χ0) is 11.1. The average molecular weight is 207 g/mol. The third kappa shape index (κ3) is 4.04. The number of hydrogen-bond donors (Lipinski definition) is 3. The highest BCUT2D eigenvalue weighted by atomic mass is 16.3. The first-order valence-corrected chi connectivity index (χ1v) is 5.34. The van der Waals surface area contributed by atoms with Crippen LogP contribution in [-0.2, 0) is 6.61 Å². The Kier molecular flexibility index (Phi) is 5.39. The lowest BCUT2D eigenvalue weighted by Gasteiger charge is -2.10. The van der Waals surface area contributed by atoms with Crippen molar-refractivity contribution in [2.45, 2.75) is 26.1 Å². The Labute approximate surface area is 91.4 Å². The fourth-order valence-corrected chi connectivity index (χ4v) is 1.40. The molecule has 0 aliphatic carbocycles. The molecule has 82 valence electrons. The second-order valence-corrected chi connectivity index (χ2v) is 3.62. The zero-order valence-electron chi connectivity index (χ0n) is 9.11. The lowest BCUT2D eigenvalue weighted by Crippen LogP contribution is -2.37. The van der Waals surface area contributed by atoms with Crippen LogP contribution in [0.3, 0.4) is 0 Å². The predicted molar refractivity (Wildman–Crippen MR) is 63.4 cm³/mol. The summed E-state index contributed by atoms with van der Waals surface area (Å²) in [6.07, 6.45) is 0.473. The molecule has 0 saturated heterocycles. The van der Waals surface area contributed by atoms with Crippen LogP contribution in [0.15, 0.2) is 24.3 Å². The number of nitrogens with one attached hydrogen (secondary N) is 1. The first-order valence-electron chi connectivity index (χ1n) is 5.34. The van der Waals surface area contributed by atoms with Gasteiger partial charge in [0.25, 0.3) is 0 Å². The molecule has 0 aliphatic heterocycles. The van der Waals surface area contributed by atoms with Gasteiger partial charge in [-0.25, -0.2) is 0 Å². The van der Waals surface area contributed by atoms with Crippen molar-refractivity contribution in [2.24, 2.45) is 0 Å². The van der Waals surface area contributed by atoms with Crippen molar-refractivity contribution in [3.63, 3.8) is 0 Å². The van der Waals surface area contributed by atoms with Crippen molar-refractivity contribution in [1.82, 2.24) is 5.23 Å². The summed E-state index contributed by atoms with van der Waals surface area (Å²) in [5, 5.41) is 21.6. The summed E-state index contributed by atoms with van der Waals surface area (Å²) in [6, 6.07) is 7.76. The maximum Gasteiger partial charge on any atom is 0.236 e. The van der Waals surface area contributed by atoms with Gasteiger partial charge in [-0.15, -0.1) is 0 Å². The number of benzene rings is 1. The van der Waals surface area contributed by atoms with Crippen LogP contribution in [0.4, 0.5) is 0 Å². The van der Waals surface area contributed by atoms with Crippen molar-refractivity contribution in [1.29, 1.82) is 0 Å². The van der Waals surface area contributed by atoms with Crippen LogP contribution in [0.5, 0.6) is 0 Å². The number of hydrogen-bond acceptors (Lipinski definition) is 3. The maximum absolute atomic E-state index is 9.35. The highest BCUT2D eigenvalue weighted by Gasteiger charge is 2.04. The van der Waals surface area contributed by atoms with Crippen LogP contribution in [-0.4, -0.2) is 30.3 Å². The normalized spacial score (nSPS) is 12.5. The molecule has 1 atom stereocenters. The van der Waals surface area contributed by atoms with E-state index in [0.29, 0.717) is 14.0 Å². The zero-order valence-corrected chi connectivity index (χ0v) is 9.11. The van der Waals surface area contributed by atoms with E-state index in [9.17, 15) is 5.11 Å². The van der Waals surface area contributed by atoms with Gasteiger partial charge in [0.1, 0.15) is 0 Å². The SMILES string of the molecule is CCC(O)CNBc1ccccc1CO. The van der Waals surface area contributed by atoms with Gasteiger partial charge in [0.05, 0.1) is 12.7 Å². The lowest BCUT2D eigenvalue weighted by atomic mass is 9.79. The summed E-state index contributed by atoms with van der Waals surface area (Å²) in [4.78, 5) is 0. The van der Waals surface area contributed by atoms with Crippen LogP contribution in [0.2, 0.25) is 0 Å². The number of aliphatic hydroxyl groups is 2. The number of aliphatic hydroxyl groups excluding tert-OH is 2. The highest BCUT2D eigenvalue weighted by Crippen LogP contribution is 1.94. The van der Waals surface area contributed by atoms with Crippen molar-refractivity contribution in [3.8, 4) is 0 Å². The summed E-state index contributed by atoms with van der Waals surface area (Å²) < 4.78 is 0. The Bertz CT molecular complexity index is 294. The molecule has 1 aromatic rings. The van der Waals surface area contributed by atoms with Crippen LogP contribution >= 0.6 is 0 Å². The molecule has 0 spiro atoms. The van der Waals surface area contributed by atoms with E-state index in [-0.39, 0.29) is 12.7 Å². The molecule has 0 bridgehead atoms. The molecule has 0 aromatic heterocycles. The second kappa shape index (κ2) is 6.61.